The monoisotopic (exact) mass is 411 g/mol. The number of ether oxygens (including phenoxy) is 1. The quantitative estimate of drug-likeness (QED) is 0.607. The second-order valence-corrected chi connectivity index (χ2v) is 6.62. The van der Waals surface area contributed by atoms with Crippen LogP contribution in [0, 0.1) is 0 Å². The normalized spacial score (nSPS) is 11.4. The Hall–Kier alpha value is -2.88. The highest BCUT2D eigenvalue weighted by atomic mass is 32.1. The summed E-state index contributed by atoms with van der Waals surface area (Å²) in [5.74, 6) is 0.713. The molecule has 2 heterocycles. The molecule has 10 heteroatoms. The molecular formula is C18H16F3N3O3S. The molecule has 1 aromatic carbocycles. The van der Waals surface area contributed by atoms with Gasteiger partial charge in [0.2, 0.25) is 17.7 Å². The summed E-state index contributed by atoms with van der Waals surface area (Å²) < 4.78 is 46.5. The van der Waals surface area contributed by atoms with Crippen molar-refractivity contribution < 1.29 is 27.1 Å². The lowest BCUT2D eigenvalue weighted by atomic mass is 10.2. The van der Waals surface area contributed by atoms with Crippen LogP contribution in [0.5, 0.6) is 5.75 Å². The Morgan fingerprint density at radius 2 is 1.96 bits per heavy atom. The van der Waals surface area contributed by atoms with E-state index in [0.717, 1.165) is 11.1 Å². The summed E-state index contributed by atoms with van der Waals surface area (Å²) in [5.41, 5.74) is 1.58. The number of aromatic nitrogens is 2. The molecule has 28 heavy (non-hydrogen) atoms. The molecule has 0 aliphatic carbocycles. The van der Waals surface area contributed by atoms with Crippen molar-refractivity contribution in [2.45, 2.75) is 25.6 Å². The first-order valence-electron chi connectivity index (χ1n) is 8.29. The molecule has 0 aliphatic rings. The van der Waals surface area contributed by atoms with Crippen LogP contribution in [-0.4, -0.2) is 28.9 Å². The zero-order valence-corrected chi connectivity index (χ0v) is 15.3. The van der Waals surface area contributed by atoms with Gasteiger partial charge in [-0.25, -0.2) is 0 Å². The number of nitrogens with one attached hydrogen (secondary N) is 1. The van der Waals surface area contributed by atoms with Gasteiger partial charge in [0.1, 0.15) is 5.75 Å². The van der Waals surface area contributed by atoms with Gasteiger partial charge < -0.3 is 14.5 Å². The van der Waals surface area contributed by atoms with Gasteiger partial charge in [-0.3, -0.25) is 4.79 Å². The minimum atomic E-state index is -4.38. The van der Waals surface area contributed by atoms with E-state index in [1.54, 1.807) is 12.1 Å². The van der Waals surface area contributed by atoms with Crippen LogP contribution >= 0.6 is 11.3 Å². The molecule has 0 atom stereocenters. The number of nitrogens with zero attached hydrogens (tertiary/aromatic N) is 2. The third-order valence-corrected chi connectivity index (χ3v) is 4.30. The molecule has 0 radical (unpaired) electrons. The summed E-state index contributed by atoms with van der Waals surface area (Å²) in [5, 5.41) is 14.4. The highest BCUT2D eigenvalue weighted by Gasteiger charge is 2.28. The predicted octanol–water partition coefficient (Wildman–Crippen LogP) is 3.99. The molecule has 3 aromatic rings. The van der Waals surface area contributed by atoms with E-state index in [-0.39, 0.29) is 24.6 Å². The Kier molecular flexibility index (Phi) is 6.30. The summed E-state index contributed by atoms with van der Waals surface area (Å²) in [7, 11) is 0. The van der Waals surface area contributed by atoms with Gasteiger partial charge in [0.25, 0.3) is 0 Å². The Morgan fingerprint density at radius 1 is 1.18 bits per heavy atom. The van der Waals surface area contributed by atoms with Gasteiger partial charge in [-0.2, -0.15) is 24.5 Å². The van der Waals surface area contributed by atoms with Gasteiger partial charge in [0, 0.05) is 30.3 Å². The number of amides is 1. The van der Waals surface area contributed by atoms with E-state index < -0.39 is 12.8 Å². The topological polar surface area (TPSA) is 77.2 Å². The number of hydrogen-bond donors (Lipinski definition) is 1. The summed E-state index contributed by atoms with van der Waals surface area (Å²) >= 11 is 1.52. The second kappa shape index (κ2) is 8.87. The van der Waals surface area contributed by atoms with Gasteiger partial charge >= 0.3 is 6.18 Å². The van der Waals surface area contributed by atoms with Gasteiger partial charge in [-0.05, 0) is 29.1 Å². The largest absolute Gasteiger partial charge is 0.484 e. The van der Waals surface area contributed by atoms with Gasteiger partial charge in [0.15, 0.2) is 6.61 Å². The molecular weight excluding hydrogens is 395 g/mol. The van der Waals surface area contributed by atoms with Crippen LogP contribution in [0.3, 0.4) is 0 Å². The van der Waals surface area contributed by atoms with Gasteiger partial charge in [-0.15, -0.1) is 10.2 Å². The van der Waals surface area contributed by atoms with Crippen LogP contribution in [0.1, 0.15) is 17.9 Å². The summed E-state index contributed by atoms with van der Waals surface area (Å²) in [6, 6.07) is 7.91. The molecule has 0 unspecified atom stereocenters. The van der Waals surface area contributed by atoms with Crippen molar-refractivity contribution in [1.29, 1.82) is 0 Å². The average molecular weight is 411 g/mol. The Morgan fingerprint density at radius 3 is 2.64 bits per heavy atom. The molecule has 6 nitrogen and oxygen atoms in total. The van der Waals surface area contributed by atoms with E-state index in [2.05, 4.69) is 20.3 Å². The maximum atomic E-state index is 12.1. The summed E-state index contributed by atoms with van der Waals surface area (Å²) in [4.78, 5) is 12.0. The molecule has 0 spiro atoms. The standard InChI is InChI=1S/C18H16F3N3O3S/c19-18(20,21)11-26-14-3-1-12(2-4-14)9-22-15(25)5-6-16-23-24-17(27-16)13-7-8-28-10-13/h1-4,7-8,10H,5-6,9,11H2,(H,22,25). The van der Waals surface area contributed by atoms with E-state index in [0.29, 0.717) is 18.2 Å². The van der Waals surface area contributed by atoms with E-state index in [1.165, 1.54) is 23.5 Å². The molecule has 0 fully saturated rings. The van der Waals surface area contributed by atoms with Crippen molar-refractivity contribution in [2.24, 2.45) is 0 Å². The van der Waals surface area contributed by atoms with Crippen molar-refractivity contribution >= 4 is 17.2 Å². The van der Waals surface area contributed by atoms with Crippen molar-refractivity contribution in [1.82, 2.24) is 15.5 Å². The Bertz CT molecular complexity index is 893. The lowest BCUT2D eigenvalue weighted by Crippen LogP contribution is -2.23. The first-order valence-corrected chi connectivity index (χ1v) is 9.23. The molecule has 0 aliphatic heterocycles. The van der Waals surface area contributed by atoms with Crippen LogP contribution in [-0.2, 0) is 17.8 Å². The highest BCUT2D eigenvalue weighted by molar-refractivity contribution is 7.08. The highest BCUT2D eigenvalue weighted by Crippen LogP contribution is 2.21. The number of carbonyl (C=O) groups is 1. The number of rotatable bonds is 8. The molecule has 1 N–H and O–H groups in total. The molecule has 0 saturated heterocycles. The zero-order valence-electron chi connectivity index (χ0n) is 14.5. The number of halogens is 3. The molecule has 1 amide bonds. The number of hydrogen-bond acceptors (Lipinski definition) is 6. The minimum absolute atomic E-state index is 0.116. The number of benzene rings is 1. The zero-order chi connectivity index (χ0) is 20.0. The minimum Gasteiger partial charge on any atom is -0.484 e. The molecule has 2 aromatic heterocycles. The maximum Gasteiger partial charge on any atom is 0.422 e. The Balaban J connectivity index is 1.41. The fourth-order valence-electron chi connectivity index (χ4n) is 2.24. The van der Waals surface area contributed by atoms with E-state index >= 15 is 0 Å². The van der Waals surface area contributed by atoms with Crippen LogP contribution in [0.2, 0.25) is 0 Å². The lowest BCUT2D eigenvalue weighted by Gasteiger charge is -2.10. The van der Waals surface area contributed by atoms with Crippen LogP contribution in [0.15, 0.2) is 45.5 Å². The van der Waals surface area contributed by atoms with Crippen LogP contribution in [0.4, 0.5) is 13.2 Å². The fourth-order valence-corrected chi connectivity index (χ4v) is 2.87. The van der Waals surface area contributed by atoms with Crippen molar-refractivity contribution in [3.05, 3.63) is 52.5 Å². The Labute approximate surface area is 162 Å². The van der Waals surface area contributed by atoms with Crippen molar-refractivity contribution in [2.75, 3.05) is 6.61 Å². The summed E-state index contributed by atoms with van der Waals surface area (Å²) in [6.07, 6.45) is -3.89. The van der Waals surface area contributed by atoms with E-state index in [1.807, 2.05) is 16.8 Å². The summed E-state index contributed by atoms with van der Waals surface area (Å²) in [6.45, 7) is -1.09. The fraction of sp³-hybridized carbons (Fsp3) is 0.278. The number of aryl methyl sites for hydroxylation is 1. The molecule has 0 saturated carbocycles. The lowest BCUT2D eigenvalue weighted by molar-refractivity contribution is -0.153. The number of alkyl halides is 3. The number of thiophene rings is 1. The van der Waals surface area contributed by atoms with Crippen LogP contribution in [0.25, 0.3) is 11.5 Å². The van der Waals surface area contributed by atoms with Gasteiger partial charge in [-0.1, -0.05) is 12.1 Å². The number of carbonyl (C=O) groups excluding carboxylic acids is 1. The smallest absolute Gasteiger partial charge is 0.422 e. The first kappa shape index (κ1) is 19.9. The maximum absolute atomic E-state index is 12.1. The van der Waals surface area contributed by atoms with Crippen LogP contribution < -0.4 is 10.1 Å². The van der Waals surface area contributed by atoms with Crippen molar-refractivity contribution in [3.63, 3.8) is 0 Å². The molecule has 0 bridgehead atoms. The third-order valence-electron chi connectivity index (χ3n) is 3.62. The predicted molar refractivity (Wildman–Crippen MR) is 95.8 cm³/mol. The third kappa shape index (κ3) is 6.08. The van der Waals surface area contributed by atoms with Gasteiger partial charge in [0.05, 0.1) is 0 Å². The van der Waals surface area contributed by atoms with Crippen molar-refractivity contribution in [3.8, 4) is 17.2 Å². The first-order chi connectivity index (χ1) is 13.4. The second-order valence-electron chi connectivity index (χ2n) is 5.84. The average Bonchev–Trinajstić information content (AvgIpc) is 3.34. The van der Waals surface area contributed by atoms with E-state index in [9.17, 15) is 18.0 Å². The van der Waals surface area contributed by atoms with E-state index in [4.69, 9.17) is 4.42 Å². The molecule has 148 valence electrons. The molecule has 3 rings (SSSR count). The SMILES string of the molecule is O=C(CCc1nnc(-c2ccsc2)o1)NCc1ccc(OCC(F)(F)F)cc1.